The standard InChI is InChI=1S/C9H9FN2O/c10-7-4-5-8(12-6-7)2-1-3-9(11)13/h1-2,4-6H,3H2,(H2,11,13). The Kier molecular flexibility index (Phi) is 3.14. The molecule has 0 saturated carbocycles. The quantitative estimate of drug-likeness (QED) is 0.757. The summed E-state index contributed by atoms with van der Waals surface area (Å²) in [5.41, 5.74) is 5.51. The molecular formula is C9H9FN2O. The summed E-state index contributed by atoms with van der Waals surface area (Å²) < 4.78 is 12.4. The van der Waals surface area contributed by atoms with E-state index in [2.05, 4.69) is 4.98 Å². The van der Waals surface area contributed by atoms with Crippen LogP contribution in [-0.2, 0) is 4.79 Å². The molecule has 2 N–H and O–H groups in total. The van der Waals surface area contributed by atoms with Gasteiger partial charge >= 0.3 is 0 Å². The van der Waals surface area contributed by atoms with Crippen LogP contribution in [0.25, 0.3) is 6.08 Å². The van der Waals surface area contributed by atoms with Gasteiger partial charge in [-0.25, -0.2) is 4.39 Å². The maximum Gasteiger partial charge on any atom is 0.221 e. The van der Waals surface area contributed by atoms with E-state index in [0.717, 1.165) is 6.20 Å². The van der Waals surface area contributed by atoms with Crippen LogP contribution in [0.4, 0.5) is 4.39 Å². The number of hydrogen-bond acceptors (Lipinski definition) is 2. The second-order valence-corrected chi connectivity index (χ2v) is 2.47. The van der Waals surface area contributed by atoms with E-state index < -0.39 is 5.91 Å². The van der Waals surface area contributed by atoms with Gasteiger partial charge in [0.25, 0.3) is 0 Å². The van der Waals surface area contributed by atoms with Gasteiger partial charge in [0.1, 0.15) is 5.82 Å². The maximum absolute atomic E-state index is 12.4. The summed E-state index contributed by atoms with van der Waals surface area (Å²) in [5, 5.41) is 0. The van der Waals surface area contributed by atoms with E-state index in [1.54, 1.807) is 12.2 Å². The van der Waals surface area contributed by atoms with Crippen LogP contribution in [0.1, 0.15) is 12.1 Å². The molecule has 68 valence electrons. The summed E-state index contributed by atoms with van der Waals surface area (Å²) >= 11 is 0. The Bertz CT molecular complexity index is 319. The molecule has 1 aromatic heterocycles. The lowest BCUT2D eigenvalue weighted by molar-refractivity contribution is -0.117. The Morgan fingerprint density at radius 2 is 2.38 bits per heavy atom. The zero-order chi connectivity index (χ0) is 9.68. The molecule has 0 saturated heterocycles. The van der Waals surface area contributed by atoms with Crippen molar-refractivity contribution in [2.24, 2.45) is 5.73 Å². The predicted octanol–water partition coefficient (Wildman–Crippen LogP) is 1.11. The summed E-state index contributed by atoms with van der Waals surface area (Å²) in [5.74, 6) is -0.787. The first-order valence-corrected chi connectivity index (χ1v) is 3.75. The average Bonchev–Trinajstić information content (AvgIpc) is 2.08. The molecule has 0 fully saturated rings. The number of halogens is 1. The van der Waals surface area contributed by atoms with Crippen molar-refractivity contribution in [2.75, 3.05) is 0 Å². The van der Waals surface area contributed by atoms with Crippen molar-refractivity contribution in [2.45, 2.75) is 6.42 Å². The van der Waals surface area contributed by atoms with Crippen LogP contribution in [0, 0.1) is 5.82 Å². The van der Waals surface area contributed by atoms with Crippen molar-refractivity contribution < 1.29 is 9.18 Å². The Morgan fingerprint density at radius 1 is 1.62 bits per heavy atom. The number of hydrogen-bond donors (Lipinski definition) is 1. The lowest BCUT2D eigenvalue weighted by atomic mass is 10.3. The van der Waals surface area contributed by atoms with Crippen molar-refractivity contribution in [3.8, 4) is 0 Å². The van der Waals surface area contributed by atoms with Gasteiger partial charge in [-0.15, -0.1) is 0 Å². The Balaban J connectivity index is 2.59. The zero-order valence-electron chi connectivity index (χ0n) is 6.90. The van der Waals surface area contributed by atoms with E-state index in [4.69, 9.17) is 5.73 Å². The van der Waals surface area contributed by atoms with Gasteiger partial charge < -0.3 is 5.73 Å². The number of amides is 1. The molecule has 0 spiro atoms. The number of carbonyl (C=O) groups excluding carboxylic acids is 1. The van der Waals surface area contributed by atoms with Crippen LogP contribution < -0.4 is 5.73 Å². The Labute approximate surface area is 75.1 Å². The van der Waals surface area contributed by atoms with Crippen molar-refractivity contribution in [1.29, 1.82) is 0 Å². The highest BCUT2D eigenvalue weighted by Gasteiger charge is 1.91. The molecule has 1 heterocycles. The summed E-state index contributed by atoms with van der Waals surface area (Å²) in [4.78, 5) is 14.1. The lowest BCUT2D eigenvalue weighted by Crippen LogP contribution is -2.07. The fourth-order valence-electron chi connectivity index (χ4n) is 0.782. The zero-order valence-corrected chi connectivity index (χ0v) is 6.90. The minimum atomic E-state index is -0.404. The highest BCUT2D eigenvalue weighted by Crippen LogP contribution is 2.00. The van der Waals surface area contributed by atoms with Gasteiger partial charge in [-0.3, -0.25) is 9.78 Å². The number of carbonyl (C=O) groups is 1. The molecular weight excluding hydrogens is 171 g/mol. The molecule has 0 bridgehead atoms. The molecule has 4 heteroatoms. The summed E-state index contributed by atoms with van der Waals surface area (Å²) in [6.07, 6.45) is 4.48. The van der Waals surface area contributed by atoms with E-state index in [1.165, 1.54) is 12.1 Å². The highest BCUT2D eigenvalue weighted by atomic mass is 19.1. The van der Waals surface area contributed by atoms with E-state index in [-0.39, 0.29) is 12.2 Å². The van der Waals surface area contributed by atoms with Crippen LogP contribution in [-0.4, -0.2) is 10.9 Å². The molecule has 1 rings (SSSR count). The maximum atomic E-state index is 12.4. The van der Waals surface area contributed by atoms with Crippen LogP contribution in [0.15, 0.2) is 24.4 Å². The number of pyridine rings is 1. The number of rotatable bonds is 3. The summed E-state index contributed by atoms with van der Waals surface area (Å²) in [7, 11) is 0. The van der Waals surface area contributed by atoms with Crippen molar-refractivity contribution in [3.05, 3.63) is 35.9 Å². The van der Waals surface area contributed by atoms with Gasteiger partial charge in [-0.05, 0) is 18.2 Å². The van der Waals surface area contributed by atoms with Gasteiger partial charge in [0.15, 0.2) is 0 Å². The normalized spacial score (nSPS) is 10.5. The topological polar surface area (TPSA) is 56.0 Å². The highest BCUT2D eigenvalue weighted by molar-refractivity contribution is 5.76. The van der Waals surface area contributed by atoms with E-state index in [1.807, 2.05) is 0 Å². The van der Waals surface area contributed by atoms with Gasteiger partial charge in [0.2, 0.25) is 5.91 Å². The molecule has 13 heavy (non-hydrogen) atoms. The van der Waals surface area contributed by atoms with E-state index >= 15 is 0 Å². The minimum absolute atomic E-state index is 0.166. The fraction of sp³-hybridized carbons (Fsp3) is 0.111. The van der Waals surface area contributed by atoms with E-state index in [9.17, 15) is 9.18 Å². The minimum Gasteiger partial charge on any atom is -0.369 e. The molecule has 3 nitrogen and oxygen atoms in total. The third-order valence-electron chi connectivity index (χ3n) is 1.36. The first-order chi connectivity index (χ1) is 6.18. The third-order valence-corrected chi connectivity index (χ3v) is 1.36. The van der Waals surface area contributed by atoms with Gasteiger partial charge in [-0.2, -0.15) is 0 Å². The van der Waals surface area contributed by atoms with Gasteiger partial charge in [-0.1, -0.05) is 6.08 Å². The lowest BCUT2D eigenvalue weighted by Gasteiger charge is -1.91. The fourth-order valence-corrected chi connectivity index (χ4v) is 0.782. The van der Waals surface area contributed by atoms with Crippen LogP contribution in [0.5, 0.6) is 0 Å². The monoisotopic (exact) mass is 180 g/mol. The number of nitrogens with zero attached hydrogens (tertiary/aromatic N) is 1. The van der Waals surface area contributed by atoms with Crippen LogP contribution in [0.3, 0.4) is 0 Å². The van der Waals surface area contributed by atoms with Crippen LogP contribution >= 0.6 is 0 Å². The molecule has 0 aliphatic rings. The van der Waals surface area contributed by atoms with E-state index in [0.29, 0.717) is 5.69 Å². The molecule has 0 atom stereocenters. The smallest absolute Gasteiger partial charge is 0.221 e. The number of aromatic nitrogens is 1. The second kappa shape index (κ2) is 4.35. The first-order valence-electron chi connectivity index (χ1n) is 3.75. The first kappa shape index (κ1) is 9.38. The molecule has 0 aliphatic heterocycles. The number of primary amides is 1. The second-order valence-electron chi connectivity index (χ2n) is 2.47. The van der Waals surface area contributed by atoms with Crippen molar-refractivity contribution >= 4 is 12.0 Å². The average molecular weight is 180 g/mol. The Hall–Kier alpha value is -1.71. The largest absolute Gasteiger partial charge is 0.369 e. The van der Waals surface area contributed by atoms with Crippen molar-refractivity contribution in [1.82, 2.24) is 4.98 Å². The molecule has 0 radical (unpaired) electrons. The summed E-state index contributed by atoms with van der Waals surface area (Å²) in [6.45, 7) is 0. The van der Waals surface area contributed by atoms with Gasteiger partial charge in [0.05, 0.1) is 11.9 Å². The molecule has 0 unspecified atom stereocenters. The predicted molar refractivity (Wildman–Crippen MR) is 47.0 cm³/mol. The molecule has 0 aromatic carbocycles. The molecule has 1 aromatic rings. The van der Waals surface area contributed by atoms with Crippen LogP contribution in [0.2, 0.25) is 0 Å². The van der Waals surface area contributed by atoms with Gasteiger partial charge in [0, 0.05) is 6.42 Å². The SMILES string of the molecule is NC(=O)CC=Cc1ccc(F)cn1. The summed E-state index contributed by atoms with van der Waals surface area (Å²) in [6, 6.07) is 2.82. The molecule has 0 aliphatic carbocycles. The van der Waals surface area contributed by atoms with Crippen molar-refractivity contribution in [3.63, 3.8) is 0 Å². The number of nitrogens with two attached hydrogens (primary N) is 1. The third kappa shape index (κ3) is 3.46. The molecule has 1 amide bonds. The Morgan fingerprint density at radius 3 is 2.92 bits per heavy atom.